The fourth-order valence-electron chi connectivity index (χ4n) is 2.59. The Kier molecular flexibility index (Phi) is 6.26. The quantitative estimate of drug-likeness (QED) is 0.509. The molecule has 1 aliphatic carbocycles. The van der Waals surface area contributed by atoms with Crippen LogP contribution in [0.4, 0.5) is 0 Å². The Morgan fingerprint density at radius 3 is 2.55 bits per heavy atom. The van der Waals surface area contributed by atoms with Crippen molar-refractivity contribution >= 4 is 0 Å². The van der Waals surface area contributed by atoms with Gasteiger partial charge in [-0.05, 0) is 50.5 Å². The van der Waals surface area contributed by atoms with E-state index in [1.165, 1.54) is 35.1 Å². The minimum Gasteiger partial charge on any atom is -0.0955 e. The van der Waals surface area contributed by atoms with Gasteiger partial charge in [0.2, 0.25) is 0 Å². The highest BCUT2D eigenvalue weighted by molar-refractivity contribution is 5.40. The monoisotopic (exact) mass is 270 g/mol. The molecule has 1 aliphatic rings. The fraction of sp³-hybridized carbons (Fsp3) is 0.500. The van der Waals surface area contributed by atoms with Gasteiger partial charge in [-0.15, -0.1) is 0 Å². The zero-order valence-electron chi connectivity index (χ0n) is 13.9. The molecule has 0 saturated heterocycles. The Morgan fingerprint density at radius 2 is 1.95 bits per heavy atom. The summed E-state index contributed by atoms with van der Waals surface area (Å²) in [5, 5.41) is 0. The molecular formula is C20H30. The standard InChI is InChI=1S/C20H30/c1-7-16(2)10-8-11-17(3)13-14-19-18(4)12-9-15-20(19,5)6/h8,10-11,13-14H,4,7,9,12,15H2,1-3,5-6H3/b11-8-,16-10+,17-13+,19-14-. The molecule has 0 amide bonds. The molecule has 0 atom stereocenters. The van der Waals surface area contributed by atoms with Crippen LogP contribution >= 0.6 is 0 Å². The molecule has 0 spiro atoms. The summed E-state index contributed by atoms with van der Waals surface area (Å²) < 4.78 is 0. The summed E-state index contributed by atoms with van der Waals surface area (Å²) in [6, 6.07) is 0. The van der Waals surface area contributed by atoms with Crippen LogP contribution in [0.3, 0.4) is 0 Å². The van der Waals surface area contributed by atoms with Gasteiger partial charge in [-0.2, -0.15) is 0 Å². The van der Waals surface area contributed by atoms with Crippen molar-refractivity contribution in [1.29, 1.82) is 0 Å². The van der Waals surface area contributed by atoms with Gasteiger partial charge in [0.15, 0.2) is 0 Å². The molecule has 0 heterocycles. The van der Waals surface area contributed by atoms with Gasteiger partial charge in [-0.1, -0.05) is 74.4 Å². The molecule has 20 heavy (non-hydrogen) atoms. The van der Waals surface area contributed by atoms with Crippen LogP contribution in [0, 0.1) is 5.41 Å². The minimum atomic E-state index is 0.272. The van der Waals surface area contributed by atoms with Crippen LogP contribution in [-0.2, 0) is 0 Å². The maximum absolute atomic E-state index is 4.24. The predicted molar refractivity (Wildman–Crippen MR) is 91.8 cm³/mol. The van der Waals surface area contributed by atoms with Crippen molar-refractivity contribution < 1.29 is 0 Å². The first-order valence-corrected chi connectivity index (χ1v) is 7.78. The van der Waals surface area contributed by atoms with E-state index in [4.69, 9.17) is 0 Å². The van der Waals surface area contributed by atoms with Crippen molar-refractivity contribution in [3.63, 3.8) is 0 Å². The summed E-state index contributed by atoms with van der Waals surface area (Å²) in [6.07, 6.45) is 15.8. The van der Waals surface area contributed by atoms with Crippen molar-refractivity contribution in [2.45, 2.75) is 60.3 Å². The summed E-state index contributed by atoms with van der Waals surface area (Å²) in [5.41, 5.74) is 5.71. The third kappa shape index (κ3) is 5.00. The van der Waals surface area contributed by atoms with E-state index in [1.807, 2.05) is 0 Å². The third-order valence-corrected chi connectivity index (χ3v) is 4.20. The molecule has 110 valence electrons. The van der Waals surface area contributed by atoms with E-state index in [1.54, 1.807) is 0 Å². The van der Waals surface area contributed by atoms with Crippen LogP contribution in [0.15, 0.2) is 59.3 Å². The molecule has 0 aromatic rings. The number of allylic oxidation sites excluding steroid dienone is 9. The Hall–Kier alpha value is -1.30. The zero-order valence-corrected chi connectivity index (χ0v) is 13.9. The third-order valence-electron chi connectivity index (χ3n) is 4.20. The predicted octanol–water partition coefficient (Wildman–Crippen LogP) is 6.54. The van der Waals surface area contributed by atoms with Gasteiger partial charge >= 0.3 is 0 Å². The zero-order chi connectivity index (χ0) is 15.2. The molecule has 0 heteroatoms. The normalized spacial score (nSPS) is 22.9. The SMILES string of the molecule is C=C1CCCC(C)(C)\C1=C/C=C(C)/C=C\C=C(/C)CC. The van der Waals surface area contributed by atoms with Crippen molar-refractivity contribution in [3.8, 4) is 0 Å². The van der Waals surface area contributed by atoms with E-state index in [-0.39, 0.29) is 5.41 Å². The summed E-state index contributed by atoms with van der Waals surface area (Å²) in [5.74, 6) is 0. The highest BCUT2D eigenvalue weighted by Crippen LogP contribution is 2.42. The van der Waals surface area contributed by atoms with Crippen LogP contribution in [0.25, 0.3) is 0 Å². The second-order valence-corrected chi connectivity index (χ2v) is 6.56. The molecular weight excluding hydrogens is 240 g/mol. The number of rotatable bonds is 4. The lowest BCUT2D eigenvalue weighted by Gasteiger charge is -2.34. The van der Waals surface area contributed by atoms with Gasteiger partial charge in [0, 0.05) is 0 Å². The number of hydrogen-bond acceptors (Lipinski definition) is 0. The smallest absolute Gasteiger partial charge is 0.0101 e. The highest BCUT2D eigenvalue weighted by atomic mass is 14.3. The first-order valence-electron chi connectivity index (χ1n) is 7.78. The Balaban J connectivity index is 2.82. The first-order chi connectivity index (χ1) is 9.36. The Bertz CT molecular complexity index is 464. The molecule has 1 saturated carbocycles. The maximum Gasteiger partial charge on any atom is -0.0101 e. The van der Waals surface area contributed by atoms with Crippen LogP contribution in [0.2, 0.25) is 0 Å². The van der Waals surface area contributed by atoms with Gasteiger partial charge in [0.1, 0.15) is 0 Å². The van der Waals surface area contributed by atoms with E-state index in [0.29, 0.717) is 0 Å². The molecule has 0 nitrogen and oxygen atoms in total. The second-order valence-electron chi connectivity index (χ2n) is 6.56. The van der Waals surface area contributed by atoms with Crippen LogP contribution in [0.5, 0.6) is 0 Å². The summed E-state index contributed by atoms with van der Waals surface area (Å²) in [7, 11) is 0. The van der Waals surface area contributed by atoms with Crippen molar-refractivity contribution in [2.75, 3.05) is 0 Å². The molecule has 0 bridgehead atoms. The van der Waals surface area contributed by atoms with Crippen molar-refractivity contribution in [3.05, 3.63) is 59.3 Å². The van der Waals surface area contributed by atoms with E-state index < -0.39 is 0 Å². The molecule has 0 N–H and O–H groups in total. The topological polar surface area (TPSA) is 0 Å². The van der Waals surface area contributed by atoms with Gasteiger partial charge in [-0.25, -0.2) is 0 Å². The molecule has 1 rings (SSSR count). The molecule has 0 unspecified atom stereocenters. The average molecular weight is 270 g/mol. The van der Waals surface area contributed by atoms with Gasteiger partial charge in [0.25, 0.3) is 0 Å². The minimum absolute atomic E-state index is 0.272. The molecule has 0 radical (unpaired) electrons. The molecule has 1 fully saturated rings. The summed E-state index contributed by atoms with van der Waals surface area (Å²) in [6.45, 7) is 15.4. The van der Waals surface area contributed by atoms with Gasteiger partial charge in [-0.3, -0.25) is 0 Å². The van der Waals surface area contributed by atoms with E-state index in [2.05, 4.69) is 71.6 Å². The van der Waals surface area contributed by atoms with Crippen molar-refractivity contribution in [1.82, 2.24) is 0 Å². The maximum atomic E-state index is 4.24. The van der Waals surface area contributed by atoms with Gasteiger partial charge < -0.3 is 0 Å². The van der Waals surface area contributed by atoms with Gasteiger partial charge in [0.05, 0.1) is 0 Å². The lowest BCUT2D eigenvalue weighted by molar-refractivity contribution is 0.371. The lowest BCUT2D eigenvalue weighted by Crippen LogP contribution is -2.20. The van der Waals surface area contributed by atoms with Crippen molar-refractivity contribution in [2.24, 2.45) is 5.41 Å². The fourth-order valence-corrected chi connectivity index (χ4v) is 2.59. The Morgan fingerprint density at radius 1 is 1.25 bits per heavy atom. The van der Waals surface area contributed by atoms with Crippen LogP contribution in [0.1, 0.15) is 60.3 Å². The second kappa shape index (κ2) is 7.47. The molecule has 0 aliphatic heterocycles. The van der Waals surface area contributed by atoms with Crippen LogP contribution < -0.4 is 0 Å². The van der Waals surface area contributed by atoms with E-state index >= 15 is 0 Å². The van der Waals surface area contributed by atoms with E-state index in [0.717, 1.165) is 12.8 Å². The largest absolute Gasteiger partial charge is 0.0955 e. The molecule has 0 aromatic heterocycles. The average Bonchev–Trinajstić information content (AvgIpc) is 2.37. The molecule has 0 aromatic carbocycles. The van der Waals surface area contributed by atoms with E-state index in [9.17, 15) is 0 Å². The first kappa shape index (κ1) is 16.8. The number of hydrogen-bond donors (Lipinski definition) is 0. The lowest BCUT2D eigenvalue weighted by atomic mass is 9.71. The van der Waals surface area contributed by atoms with Crippen LogP contribution in [-0.4, -0.2) is 0 Å². The summed E-state index contributed by atoms with van der Waals surface area (Å²) in [4.78, 5) is 0. The Labute approximate surface area is 125 Å². The summed E-state index contributed by atoms with van der Waals surface area (Å²) >= 11 is 0. The highest BCUT2D eigenvalue weighted by Gasteiger charge is 2.28.